The summed E-state index contributed by atoms with van der Waals surface area (Å²) in [5.74, 6) is 1.20. The van der Waals surface area contributed by atoms with Crippen LogP contribution in [0.3, 0.4) is 0 Å². The lowest BCUT2D eigenvalue weighted by atomic mass is 9.83. The van der Waals surface area contributed by atoms with Crippen LogP contribution in [0.1, 0.15) is 40.5 Å². The molecule has 1 aromatic heterocycles. The molecule has 0 saturated heterocycles. The van der Waals surface area contributed by atoms with Crippen LogP contribution in [0.4, 0.5) is 0 Å². The number of benzene rings is 1. The summed E-state index contributed by atoms with van der Waals surface area (Å²) < 4.78 is 0. The monoisotopic (exact) mass is 267 g/mol. The zero-order valence-electron chi connectivity index (χ0n) is 11.3. The Labute approximate surface area is 117 Å². The van der Waals surface area contributed by atoms with Crippen molar-refractivity contribution in [1.82, 2.24) is 15.3 Å². The normalized spacial score (nSPS) is 20.5. The van der Waals surface area contributed by atoms with Gasteiger partial charge in [-0.05, 0) is 30.4 Å². The van der Waals surface area contributed by atoms with E-state index in [1.54, 1.807) is 0 Å². The highest BCUT2D eigenvalue weighted by atomic mass is 16.1. The molecule has 2 N–H and O–H groups in total. The van der Waals surface area contributed by atoms with Crippen molar-refractivity contribution in [3.8, 4) is 0 Å². The summed E-state index contributed by atoms with van der Waals surface area (Å²) >= 11 is 0. The summed E-state index contributed by atoms with van der Waals surface area (Å²) in [7, 11) is 0. The Kier molecular flexibility index (Phi) is 2.70. The lowest BCUT2D eigenvalue weighted by molar-refractivity contribution is 0.550. The molecule has 0 spiro atoms. The van der Waals surface area contributed by atoms with Crippen molar-refractivity contribution < 1.29 is 0 Å². The minimum Gasteiger partial charge on any atom is -0.310 e. The van der Waals surface area contributed by atoms with Gasteiger partial charge in [0.25, 0.3) is 5.56 Å². The SMILES string of the molecule is O=c1[nH]c(C2CCc3ccccc3C2)nc2c1CNC2. The number of aryl methyl sites for hydroxylation is 1. The van der Waals surface area contributed by atoms with Crippen molar-refractivity contribution in [2.75, 3.05) is 0 Å². The van der Waals surface area contributed by atoms with Crippen LogP contribution in [-0.2, 0) is 25.9 Å². The van der Waals surface area contributed by atoms with Crippen LogP contribution >= 0.6 is 0 Å². The van der Waals surface area contributed by atoms with E-state index in [9.17, 15) is 4.79 Å². The Morgan fingerprint density at radius 3 is 2.90 bits per heavy atom. The molecule has 1 aliphatic heterocycles. The molecule has 0 radical (unpaired) electrons. The second kappa shape index (κ2) is 4.56. The van der Waals surface area contributed by atoms with E-state index in [0.29, 0.717) is 12.5 Å². The minimum absolute atomic E-state index is 0.0360. The highest BCUT2D eigenvalue weighted by molar-refractivity contribution is 5.32. The topological polar surface area (TPSA) is 57.8 Å². The molecule has 1 aromatic carbocycles. The minimum atomic E-state index is 0.0360. The molecule has 20 heavy (non-hydrogen) atoms. The number of aromatic nitrogens is 2. The first-order valence-electron chi connectivity index (χ1n) is 7.21. The zero-order chi connectivity index (χ0) is 13.5. The Balaban J connectivity index is 1.70. The van der Waals surface area contributed by atoms with Crippen molar-refractivity contribution in [2.45, 2.75) is 38.3 Å². The average molecular weight is 267 g/mol. The van der Waals surface area contributed by atoms with Gasteiger partial charge in [-0.25, -0.2) is 4.98 Å². The van der Waals surface area contributed by atoms with Crippen molar-refractivity contribution >= 4 is 0 Å². The maximum atomic E-state index is 12.1. The van der Waals surface area contributed by atoms with Gasteiger partial charge in [-0.2, -0.15) is 0 Å². The fourth-order valence-corrected chi connectivity index (χ4v) is 3.32. The number of aromatic amines is 1. The number of rotatable bonds is 1. The van der Waals surface area contributed by atoms with E-state index in [0.717, 1.165) is 42.9 Å². The van der Waals surface area contributed by atoms with Crippen molar-refractivity contribution in [3.05, 3.63) is 62.8 Å². The standard InChI is InChI=1S/C16H17N3O/c20-16-13-8-17-9-14(13)18-15(19-16)12-6-5-10-3-1-2-4-11(10)7-12/h1-4,12,17H,5-9H2,(H,18,19,20). The van der Waals surface area contributed by atoms with E-state index in [1.165, 1.54) is 11.1 Å². The number of nitrogens with zero attached hydrogens (tertiary/aromatic N) is 1. The summed E-state index contributed by atoms with van der Waals surface area (Å²) in [6.07, 6.45) is 3.11. The smallest absolute Gasteiger partial charge is 0.255 e. The largest absolute Gasteiger partial charge is 0.310 e. The predicted molar refractivity (Wildman–Crippen MR) is 76.6 cm³/mol. The Morgan fingerprint density at radius 2 is 2.00 bits per heavy atom. The van der Waals surface area contributed by atoms with E-state index < -0.39 is 0 Å². The quantitative estimate of drug-likeness (QED) is 0.826. The van der Waals surface area contributed by atoms with E-state index in [-0.39, 0.29) is 5.56 Å². The van der Waals surface area contributed by atoms with Gasteiger partial charge < -0.3 is 10.3 Å². The van der Waals surface area contributed by atoms with Gasteiger partial charge in [-0.3, -0.25) is 4.79 Å². The molecule has 1 atom stereocenters. The number of fused-ring (bicyclic) bond motifs is 2. The third-order valence-corrected chi connectivity index (χ3v) is 4.45. The Morgan fingerprint density at radius 1 is 1.15 bits per heavy atom. The molecule has 0 saturated carbocycles. The highest BCUT2D eigenvalue weighted by Crippen LogP contribution is 2.30. The molecule has 4 rings (SSSR count). The summed E-state index contributed by atoms with van der Waals surface area (Å²) in [5.41, 5.74) is 4.61. The molecular formula is C16H17N3O. The first-order valence-corrected chi connectivity index (χ1v) is 7.21. The first kappa shape index (κ1) is 11.9. The van der Waals surface area contributed by atoms with E-state index in [2.05, 4.69) is 34.6 Å². The lowest BCUT2D eigenvalue weighted by Gasteiger charge is -2.24. The maximum Gasteiger partial charge on any atom is 0.255 e. The van der Waals surface area contributed by atoms with E-state index in [1.807, 2.05) is 0 Å². The molecule has 2 heterocycles. The van der Waals surface area contributed by atoms with Gasteiger partial charge >= 0.3 is 0 Å². The maximum absolute atomic E-state index is 12.1. The number of hydrogen-bond donors (Lipinski definition) is 2. The number of nitrogens with one attached hydrogen (secondary N) is 2. The zero-order valence-corrected chi connectivity index (χ0v) is 11.3. The predicted octanol–water partition coefficient (Wildman–Crippen LogP) is 1.65. The van der Waals surface area contributed by atoms with Crippen molar-refractivity contribution in [3.63, 3.8) is 0 Å². The molecular weight excluding hydrogens is 250 g/mol. The third-order valence-electron chi connectivity index (χ3n) is 4.45. The molecule has 2 aliphatic rings. The van der Waals surface area contributed by atoms with Gasteiger partial charge in [0.15, 0.2) is 0 Å². The molecule has 4 heteroatoms. The second-order valence-electron chi connectivity index (χ2n) is 5.69. The molecule has 0 fully saturated rings. The summed E-state index contributed by atoms with van der Waals surface area (Å²) in [6, 6.07) is 8.58. The van der Waals surface area contributed by atoms with Crippen molar-refractivity contribution in [1.29, 1.82) is 0 Å². The summed E-state index contributed by atoms with van der Waals surface area (Å²) in [5, 5.41) is 3.19. The Bertz CT molecular complexity index is 720. The van der Waals surface area contributed by atoms with Gasteiger partial charge in [0.1, 0.15) is 5.82 Å². The Hall–Kier alpha value is -1.94. The van der Waals surface area contributed by atoms with Gasteiger partial charge in [-0.1, -0.05) is 24.3 Å². The van der Waals surface area contributed by atoms with E-state index in [4.69, 9.17) is 4.98 Å². The van der Waals surface area contributed by atoms with Crippen LogP contribution < -0.4 is 10.9 Å². The molecule has 0 bridgehead atoms. The van der Waals surface area contributed by atoms with Crippen LogP contribution in [0, 0.1) is 0 Å². The van der Waals surface area contributed by atoms with Crippen LogP contribution in [0.2, 0.25) is 0 Å². The highest BCUT2D eigenvalue weighted by Gasteiger charge is 2.24. The second-order valence-corrected chi connectivity index (χ2v) is 5.69. The average Bonchev–Trinajstić information content (AvgIpc) is 2.96. The summed E-state index contributed by atoms with van der Waals surface area (Å²) in [4.78, 5) is 19.8. The van der Waals surface area contributed by atoms with E-state index >= 15 is 0 Å². The number of H-pyrrole nitrogens is 1. The van der Waals surface area contributed by atoms with Crippen LogP contribution in [0.5, 0.6) is 0 Å². The number of hydrogen-bond acceptors (Lipinski definition) is 3. The third kappa shape index (κ3) is 1.88. The summed E-state index contributed by atoms with van der Waals surface area (Å²) in [6.45, 7) is 1.36. The molecule has 0 amide bonds. The fourth-order valence-electron chi connectivity index (χ4n) is 3.32. The lowest BCUT2D eigenvalue weighted by Crippen LogP contribution is -2.22. The van der Waals surface area contributed by atoms with Gasteiger partial charge in [0.2, 0.25) is 0 Å². The van der Waals surface area contributed by atoms with Crippen LogP contribution in [0.15, 0.2) is 29.1 Å². The fraction of sp³-hybridized carbons (Fsp3) is 0.375. The molecule has 1 unspecified atom stereocenters. The van der Waals surface area contributed by atoms with Crippen molar-refractivity contribution in [2.24, 2.45) is 0 Å². The molecule has 4 nitrogen and oxygen atoms in total. The molecule has 102 valence electrons. The molecule has 2 aromatic rings. The van der Waals surface area contributed by atoms with Crippen LogP contribution in [0.25, 0.3) is 0 Å². The van der Waals surface area contributed by atoms with Gasteiger partial charge in [0.05, 0.1) is 11.3 Å². The van der Waals surface area contributed by atoms with Gasteiger partial charge in [-0.15, -0.1) is 0 Å². The molecule has 1 aliphatic carbocycles. The van der Waals surface area contributed by atoms with Crippen LogP contribution in [-0.4, -0.2) is 9.97 Å². The van der Waals surface area contributed by atoms with Gasteiger partial charge in [0, 0.05) is 19.0 Å². The first-order chi connectivity index (χ1) is 9.81.